The molecule has 0 amide bonds. The summed E-state index contributed by atoms with van der Waals surface area (Å²) in [5.74, 6) is 0. The molecule has 0 saturated heterocycles. The molecule has 25 valence electrons. The molecule has 0 fully saturated rings. The van der Waals surface area contributed by atoms with E-state index in [0.29, 0.717) is 0 Å². The molecule has 0 saturated carbocycles. The molecule has 0 aromatic carbocycles. The molecule has 5 heavy (non-hydrogen) atoms. The smallest absolute Gasteiger partial charge is 0 e. The van der Waals surface area contributed by atoms with Crippen molar-refractivity contribution in [3.05, 3.63) is 0 Å². The van der Waals surface area contributed by atoms with Crippen LogP contribution >= 0.6 is 0 Å². The van der Waals surface area contributed by atoms with Crippen LogP contribution in [0.3, 0.4) is 0 Å². The van der Waals surface area contributed by atoms with Gasteiger partial charge in [-0.2, -0.15) is 0 Å². The van der Waals surface area contributed by atoms with Gasteiger partial charge in [0.15, 0.2) is 0 Å². The molecule has 0 atom stereocenters. The molecule has 0 N–H and O–H groups in total. The van der Waals surface area contributed by atoms with Crippen molar-refractivity contribution in [1.82, 2.24) is 0 Å². The summed E-state index contributed by atoms with van der Waals surface area (Å²) in [6.07, 6.45) is 0. The average molecular weight is 283 g/mol. The fraction of sp³-hybridized carbons (Fsp3) is 0. The summed E-state index contributed by atoms with van der Waals surface area (Å²) >= 11 is 0. The summed E-state index contributed by atoms with van der Waals surface area (Å²) in [6, 6.07) is 0. The van der Waals surface area contributed by atoms with Crippen LogP contribution in [0, 0.1) is 0 Å². The van der Waals surface area contributed by atoms with Crippen LogP contribution in [-0.4, -0.2) is 52.1 Å². The summed E-state index contributed by atoms with van der Waals surface area (Å²) in [6.45, 7) is 0. The third kappa shape index (κ3) is 19.9. The summed E-state index contributed by atoms with van der Waals surface area (Å²) < 4.78 is 0. The van der Waals surface area contributed by atoms with E-state index in [0.717, 1.165) is 0 Å². The molecule has 5 heteroatoms. The van der Waals surface area contributed by atoms with Crippen molar-refractivity contribution in [2.24, 2.45) is 0 Å². The molecule has 0 aromatic heterocycles. The van der Waals surface area contributed by atoms with Crippen molar-refractivity contribution in [3.8, 4) is 0 Å². The molecule has 0 aliphatic heterocycles. The largest absolute Gasteiger partial charge is 0 e. The molecular weight excluding hydrogens is 283 g/mol. The van der Waals surface area contributed by atoms with Crippen molar-refractivity contribution < 1.29 is 39.0 Å². The van der Waals surface area contributed by atoms with E-state index < -0.39 is 0 Å². The molecule has 0 heterocycles. The Morgan fingerprint density at radius 2 is 0.400 bits per heavy atom. The maximum Gasteiger partial charge on any atom is 0 e. The van der Waals surface area contributed by atoms with Crippen molar-refractivity contribution in [2.45, 2.75) is 0 Å². The van der Waals surface area contributed by atoms with E-state index >= 15 is 0 Å². The minimum atomic E-state index is 0. The van der Waals surface area contributed by atoms with Gasteiger partial charge in [0.25, 0.3) is 0 Å². The number of hydrogen-bond acceptors (Lipinski definition) is 0. The molecule has 9 radical (unpaired) electrons. The van der Waals surface area contributed by atoms with E-state index in [4.69, 9.17) is 0 Å². The van der Waals surface area contributed by atoms with Crippen LogP contribution in [0.15, 0.2) is 0 Å². The molecular formula is Al3Ru2. The zero-order valence-electron chi connectivity index (χ0n) is 2.44. The number of hydrogen-bond donors (Lipinski definition) is 0. The Bertz CT molecular complexity index is 4.85. The Balaban J connectivity index is 0. The van der Waals surface area contributed by atoms with Crippen LogP contribution in [-0.2, 0) is 39.0 Å². The maximum atomic E-state index is 0. The molecule has 0 nitrogen and oxygen atoms in total. The molecule has 0 bridgehead atoms. The first kappa shape index (κ1) is 45.4. The second kappa shape index (κ2) is 28.9. The van der Waals surface area contributed by atoms with Gasteiger partial charge in [-0.15, -0.1) is 0 Å². The predicted octanol–water partition coefficient (Wildman–Crippen LogP) is -1.15. The van der Waals surface area contributed by atoms with E-state index in [1.807, 2.05) is 0 Å². The standard InChI is InChI=1S/3Al.2Ru. The number of rotatable bonds is 0. The quantitative estimate of drug-likeness (QED) is 0.493. The normalized spacial score (nSPS) is 0. The third-order valence-electron chi connectivity index (χ3n) is 0. The van der Waals surface area contributed by atoms with Gasteiger partial charge in [-0.25, -0.2) is 0 Å². The van der Waals surface area contributed by atoms with Crippen molar-refractivity contribution >= 4 is 52.1 Å². The first-order valence-corrected chi connectivity index (χ1v) is 0. The summed E-state index contributed by atoms with van der Waals surface area (Å²) in [4.78, 5) is 0. The van der Waals surface area contributed by atoms with E-state index in [1.54, 1.807) is 0 Å². The predicted molar refractivity (Wildman–Crippen MR) is 17.3 cm³/mol. The van der Waals surface area contributed by atoms with E-state index in [9.17, 15) is 0 Å². The van der Waals surface area contributed by atoms with Crippen molar-refractivity contribution in [2.75, 3.05) is 0 Å². The second-order valence-electron chi connectivity index (χ2n) is 0. The second-order valence-corrected chi connectivity index (χ2v) is 0. The van der Waals surface area contributed by atoms with Gasteiger partial charge in [0.05, 0.1) is 0 Å². The van der Waals surface area contributed by atoms with E-state index in [-0.39, 0.29) is 91.0 Å². The zero-order chi connectivity index (χ0) is 0. The Kier molecular flexibility index (Phi) is 263. The van der Waals surface area contributed by atoms with Gasteiger partial charge in [0.2, 0.25) is 0 Å². The van der Waals surface area contributed by atoms with Gasteiger partial charge < -0.3 is 0 Å². The third-order valence-corrected chi connectivity index (χ3v) is 0. The van der Waals surface area contributed by atoms with Crippen LogP contribution in [0.2, 0.25) is 0 Å². The monoisotopic (exact) mass is 285 g/mol. The van der Waals surface area contributed by atoms with E-state index in [1.165, 1.54) is 0 Å². The molecule has 0 unspecified atom stereocenters. The van der Waals surface area contributed by atoms with Gasteiger partial charge in [-0.3, -0.25) is 0 Å². The Morgan fingerprint density at radius 3 is 0.400 bits per heavy atom. The minimum absolute atomic E-state index is 0. The summed E-state index contributed by atoms with van der Waals surface area (Å²) in [7, 11) is 0. The van der Waals surface area contributed by atoms with Gasteiger partial charge >= 0.3 is 0 Å². The molecule has 0 aliphatic rings. The van der Waals surface area contributed by atoms with Crippen LogP contribution in [0.1, 0.15) is 0 Å². The Morgan fingerprint density at radius 1 is 0.400 bits per heavy atom. The van der Waals surface area contributed by atoms with Gasteiger partial charge in [-0.1, -0.05) is 0 Å². The maximum absolute atomic E-state index is 0. The van der Waals surface area contributed by atoms with Gasteiger partial charge in [0.1, 0.15) is 0 Å². The zero-order valence-corrected chi connectivity index (χ0v) is 9.38. The summed E-state index contributed by atoms with van der Waals surface area (Å²) in [5, 5.41) is 0. The first-order valence-electron chi connectivity index (χ1n) is 0. The Labute approximate surface area is 89.8 Å². The Hall–Kier alpha value is 2.84. The molecule has 0 spiro atoms. The van der Waals surface area contributed by atoms with E-state index in [2.05, 4.69) is 0 Å². The first-order chi connectivity index (χ1) is 0. The molecule has 0 aromatic rings. The van der Waals surface area contributed by atoms with Gasteiger partial charge in [-0.05, 0) is 0 Å². The van der Waals surface area contributed by atoms with Crippen LogP contribution in [0.4, 0.5) is 0 Å². The fourth-order valence-electron chi connectivity index (χ4n) is 0. The average Bonchev–Trinajstić information content (AvgIpc) is 0. The van der Waals surface area contributed by atoms with Crippen LogP contribution < -0.4 is 0 Å². The SMILES string of the molecule is [Al].[Al].[Al].[Ru].[Ru]. The van der Waals surface area contributed by atoms with Crippen LogP contribution in [0.25, 0.3) is 0 Å². The van der Waals surface area contributed by atoms with Gasteiger partial charge in [0, 0.05) is 91.0 Å². The van der Waals surface area contributed by atoms with Crippen molar-refractivity contribution in [3.63, 3.8) is 0 Å². The fourth-order valence-corrected chi connectivity index (χ4v) is 0. The molecule has 0 aliphatic carbocycles. The molecule has 0 rings (SSSR count). The topological polar surface area (TPSA) is 0 Å². The summed E-state index contributed by atoms with van der Waals surface area (Å²) in [5.41, 5.74) is 0. The van der Waals surface area contributed by atoms with Crippen LogP contribution in [0.5, 0.6) is 0 Å². The van der Waals surface area contributed by atoms with Crippen molar-refractivity contribution in [1.29, 1.82) is 0 Å². The minimum Gasteiger partial charge on any atom is 0 e.